The highest BCUT2D eigenvalue weighted by atomic mass is 16.5. The Bertz CT molecular complexity index is 492. The van der Waals surface area contributed by atoms with Gasteiger partial charge in [0, 0.05) is 6.54 Å². The van der Waals surface area contributed by atoms with E-state index in [0.717, 1.165) is 12.8 Å². The van der Waals surface area contributed by atoms with Gasteiger partial charge in [-0.05, 0) is 24.6 Å². The topological polar surface area (TPSA) is 79.2 Å². The Labute approximate surface area is 112 Å². The summed E-state index contributed by atoms with van der Waals surface area (Å²) in [5, 5.41) is 11.4. The van der Waals surface area contributed by atoms with E-state index in [2.05, 4.69) is 5.32 Å². The highest BCUT2D eigenvalue weighted by molar-refractivity contribution is 5.91. The highest BCUT2D eigenvalue weighted by Gasteiger charge is 2.10. The van der Waals surface area contributed by atoms with E-state index >= 15 is 0 Å². The zero-order chi connectivity index (χ0) is 14.1. The molecule has 1 aromatic rings. The van der Waals surface area contributed by atoms with E-state index in [1.54, 1.807) is 12.1 Å². The molecule has 0 spiro atoms. The van der Waals surface area contributed by atoms with Crippen LogP contribution in [0.3, 0.4) is 0 Å². The summed E-state index contributed by atoms with van der Waals surface area (Å²) >= 11 is 0. The summed E-state index contributed by atoms with van der Waals surface area (Å²) < 4.78 is 4.86. The van der Waals surface area contributed by atoms with Crippen LogP contribution in [0.5, 0.6) is 0 Å². The standard InChI is InChI=1S/C14H16N2O3/c1-2-3-7-16-13(17)10-19-14(18)12-6-4-5-11(8-12)9-15/h4-6,8H,2-3,7,10H2,1H3,(H,16,17). The SMILES string of the molecule is CCCCNC(=O)COC(=O)c1cccc(C#N)c1. The molecular weight excluding hydrogens is 244 g/mol. The minimum absolute atomic E-state index is 0.264. The molecule has 0 aliphatic heterocycles. The minimum atomic E-state index is -0.609. The molecule has 0 aromatic heterocycles. The van der Waals surface area contributed by atoms with E-state index in [1.807, 2.05) is 13.0 Å². The number of nitrogens with one attached hydrogen (secondary N) is 1. The second-order valence-electron chi connectivity index (χ2n) is 3.97. The second kappa shape index (κ2) is 7.88. The van der Waals surface area contributed by atoms with Crippen LogP contribution < -0.4 is 5.32 Å². The summed E-state index contributed by atoms with van der Waals surface area (Å²) in [7, 11) is 0. The van der Waals surface area contributed by atoms with Crippen LogP contribution in [-0.4, -0.2) is 25.0 Å². The van der Waals surface area contributed by atoms with E-state index in [0.29, 0.717) is 12.1 Å². The third-order valence-electron chi connectivity index (χ3n) is 2.41. The van der Waals surface area contributed by atoms with Gasteiger partial charge in [0.25, 0.3) is 5.91 Å². The largest absolute Gasteiger partial charge is 0.452 e. The van der Waals surface area contributed by atoms with Crippen LogP contribution in [0.15, 0.2) is 24.3 Å². The molecule has 19 heavy (non-hydrogen) atoms. The second-order valence-corrected chi connectivity index (χ2v) is 3.97. The van der Waals surface area contributed by atoms with Crippen molar-refractivity contribution in [1.29, 1.82) is 5.26 Å². The van der Waals surface area contributed by atoms with Crippen LogP contribution in [0.2, 0.25) is 0 Å². The van der Waals surface area contributed by atoms with Gasteiger partial charge in [-0.2, -0.15) is 5.26 Å². The number of unbranched alkanes of at least 4 members (excludes halogenated alkanes) is 1. The number of rotatable bonds is 6. The number of carbonyl (C=O) groups is 2. The lowest BCUT2D eigenvalue weighted by atomic mass is 10.1. The summed E-state index contributed by atoms with van der Waals surface area (Å²) in [6, 6.07) is 8.09. The van der Waals surface area contributed by atoms with E-state index in [4.69, 9.17) is 10.00 Å². The van der Waals surface area contributed by atoms with Gasteiger partial charge in [-0.25, -0.2) is 4.79 Å². The molecule has 1 aromatic carbocycles. The quantitative estimate of drug-likeness (QED) is 0.622. The van der Waals surface area contributed by atoms with E-state index in [9.17, 15) is 9.59 Å². The average molecular weight is 260 g/mol. The fourth-order valence-corrected chi connectivity index (χ4v) is 1.39. The van der Waals surface area contributed by atoms with Gasteiger partial charge < -0.3 is 10.1 Å². The van der Waals surface area contributed by atoms with Gasteiger partial charge >= 0.3 is 5.97 Å². The van der Waals surface area contributed by atoms with Crippen molar-refractivity contribution in [1.82, 2.24) is 5.32 Å². The lowest BCUT2D eigenvalue weighted by Crippen LogP contribution is -2.29. The van der Waals surface area contributed by atoms with Crippen molar-refractivity contribution in [2.75, 3.05) is 13.2 Å². The van der Waals surface area contributed by atoms with Gasteiger partial charge in [-0.1, -0.05) is 19.4 Å². The average Bonchev–Trinajstić information content (AvgIpc) is 2.45. The number of esters is 1. The Morgan fingerprint density at radius 1 is 1.42 bits per heavy atom. The molecule has 0 radical (unpaired) electrons. The molecule has 0 aliphatic carbocycles. The molecule has 1 amide bonds. The maximum absolute atomic E-state index is 11.6. The van der Waals surface area contributed by atoms with Gasteiger partial charge in [-0.3, -0.25) is 4.79 Å². The molecule has 1 N–H and O–H groups in total. The van der Waals surface area contributed by atoms with Crippen LogP contribution in [0.4, 0.5) is 0 Å². The Balaban J connectivity index is 2.42. The number of carbonyl (C=O) groups excluding carboxylic acids is 2. The minimum Gasteiger partial charge on any atom is -0.452 e. The normalized spacial score (nSPS) is 9.47. The summed E-state index contributed by atoms with van der Waals surface area (Å²) in [6.07, 6.45) is 1.88. The summed E-state index contributed by atoms with van der Waals surface area (Å²) in [5.41, 5.74) is 0.641. The van der Waals surface area contributed by atoms with Gasteiger partial charge in [0.15, 0.2) is 6.61 Å². The van der Waals surface area contributed by atoms with Crippen molar-refractivity contribution in [2.24, 2.45) is 0 Å². The van der Waals surface area contributed by atoms with Crippen LogP contribution >= 0.6 is 0 Å². The molecule has 1 rings (SSSR count). The first-order valence-corrected chi connectivity index (χ1v) is 6.11. The molecule has 5 heteroatoms. The number of amides is 1. The van der Waals surface area contributed by atoms with Crippen molar-refractivity contribution < 1.29 is 14.3 Å². The fraction of sp³-hybridized carbons (Fsp3) is 0.357. The van der Waals surface area contributed by atoms with Crippen molar-refractivity contribution in [3.05, 3.63) is 35.4 Å². The number of nitrogens with zero attached hydrogens (tertiary/aromatic N) is 1. The summed E-state index contributed by atoms with van der Waals surface area (Å²) in [4.78, 5) is 23.0. The third kappa shape index (κ3) is 5.21. The molecule has 5 nitrogen and oxygen atoms in total. The molecule has 0 unspecified atom stereocenters. The van der Waals surface area contributed by atoms with Crippen molar-refractivity contribution >= 4 is 11.9 Å². The van der Waals surface area contributed by atoms with Crippen molar-refractivity contribution in [2.45, 2.75) is 19.8 Å². The molecule has 100 valence electrons. The van der Waals surface area contributed by atoms with Gasteiger partial charge in [-0.15, -0.1) is 0 Å². The zero-order valence-electron chi connectivity index (χ0n) is 10.8. The molecule has 0 aliphatic rings. The number of ether oxygens (including phenoxy) is 1. The number of nitriles is 1. The maximum atomic E-state index is 11.6. The van der Waals surface area contributed by atoms with Gasteiger partial charge in [0.05, 0.1) is 17.2 Å². The predicted molar refractivity (Wildman–Crippen MR) is 69.4 cm³/mol. The monoisotopic (exact) mass is 260 g/mol. The molecule has 0 bridgehead atoms. The third-order valence-corrected chi connectivity index (χ3v) is 2.41. The maximum Gasteiger partial charge on any atom is 0.338 e. The van der Waals surface area contributed by atoms with Crippen LogP contribution in [0, 0.1) is 11.3 Å². The Morgan fingerprint density at radius 3 is 2.89 bits per heavy atom. The first-order chi connectivity index (χ1) is 9.17. The molecule has 0 fully saturated rings. The van der Waals surface area contributed by atoms with E-state index in [-0.39, 0.29) is 18.1 Å². The van der Waals surface area contributed by atoms with Crippen molar-refractivity contribution in [3.8, 4) is 6.07 Å². The lowest BCUT2D eigenvalue weighted by Gasteiger charge is -2.06. The molecule has 0 heterocycles. The highest BCUT2D eigenvalue weighted by Crippen LogP contribution is 2.05. The smallest absolute Gasteiger partial charge is 0.338 e. The number of benzene rings is 1. The van der Waals surface area contributed by atoms with Gasteiger partial charge in [0.2, 0.25) is 0 Å². The predicted octanol–water partition coefficient (Wildman–Crippen LogP) is 1.63. The first-order valence-electron chi connectivity index (χ1n) is 6.11. The number of hydrogen-bond acceptors (Lipinski definition) is 4. The fourth-order valence-electron chi connectivity index (χ4n) is 1.39. The first kappa shape index (κ1) is 14.7. The number of hydrogen-bond donors (Lipinski definition) is 1. The zero-order valence-corrected chi connectivity index (χ0v) is 10.8. The summed E-state index contributed by atoms with van der Waals surface area (Å²) in [6.45, 7) is 2.30. The van der Waals surface area contributed by atoms with Crippen LogP contribution in [0.1, 0.15) is 35.7 Å². The lowest BCUT2D eigenvalue weighted by molar-refractivity contribution is -0.124. The molecule has 0 atom stereocenters. The Morgan fingerprint density at radius 2 is 2.21 bits per heavy atom. The molecule has 0 saturated heterocycles. The van der Waals surface area contributed by atoms with E-state index < -0.39 is 5.97 Å². The van der Waals surface area contributed by atoms with Crippen LogP contribution in [-0.2, 0) is 9.53 Å². The molecule has 0 saturated carbocycles. The van der Waals surface area contributed by atoms with Crippen molar-refractivity contribution in [3.63, 3.8) is 0 Å². The molecular formula is C14H16N2O3. The Kier molecular flexibility index (Phi) is 6.10. The van der Waals surface area contributed by atoms with E-state index in [1.165, 1.54) is 12.1 Å². The van der Waals surface area contributed by atoms with Crippen LogP contribution in [0.25, 0.3) is 0 Å². The summed E-state index contributed by atoms with van der Waals surface area (Å²) in [5.74, 6) is -0.930. The Hall–Kier alpha value is -2.35. The van der Waals surface area contributed by atoms with Gasteiger partial charge in [0.1, 0.15) is 0 Å².